The summed E-state index contributed by atoms with van der Waals surface area (Å²) < 4.78 is 13.6. The summed E-state index contributed by atoms with van der Waals surface area (Å²) >= 11 is 5.00. The zero-order chi connectivity index (χ0) is 17.2. The summed E-state index contributed by atoms with van der Waals surface area (Å²) in [5, 5.41) is 13.9. The van der Waals surface area contributed by atoms with Crippen molar-refractivity contribution < 1.29 is 9.47 Å². The van der Waals surface area contributed by atoms with Gasteiger partial charge in [-0.25, -0.2) is 0 Å². The van der Waals surface area contributed by atoms with E-state index >= 15 is 0 Å². The monoisotopic (exact) mass is 416 g/mol. The lowest BCUT2D eigenvalue weighted by atomic mass is 10.2. The van der Waals surface area contributed by atoms with Crippen molar-refractivity contribution in [2.75, 3.05) is 7.11 Å². The third-order valence-electron chi connectivity index (χ3n) is 3.57. The van der Waals surface area contributed by atoms with E-state index in [4.69, 9.17) is 9.47 Å². The minimum Gasteiger partial charge on any atom is -0.497 e. The van der Waals surface area contributed by atoms with Crippen molar-refractivity contribution in [3.8, 4) is 22.9 Å². The normalized spacial score (nSPS) is 11.0. The highest BCUT2D eigenvalue weighted by molar-refractivity contribution is 9.10. The minimum absolute atomic E-state index is 0.371. The molecule has 0 aliphatic heterocycles. The van der Waals surface area contributed by atoms with E-state index < -0.39 is 0 Å². The van der Waals surface area contributed by atoms with Crippen molar-refractivity contribution in [1.82, 2.24) is 19.8 Å². The zero-order valence-electron chi connectivity index (χ0n) is 13.2. The van der Waals surface area contributed by atoms with Crippen LogP contribution >= 0.6 is 27.3 Å². The summed E-state index contributed by atoms with van der Waals surface area (Å²) in [5.41, 5.74) is 0.947. The van der Waals surface area contributed by atoms with Gasteiger partial charge in [0.05, 0.1) is 7.11 Å². The fourth-order valence-corrected chi connectivity index (χ4v) is 3.55. The maximum Gasteiger partial charge on any atom is 0.235 e. The van der Waals surface area contributed by atoms with Gasteiger partial charge in [-0.15, -0.1) is 10.2 Å². The Bertz CT molecular complexity index is 1010. The van der Waals surface area contributed by atoms with Crippen LogP contribution in [0, 0.1) is 0 Å². The Morgan fingerprint density at radius 3 is 2.56 bits per heavy atom. The van der Waals surface area contributed by atoms with Crippen LogP contribution in [0.2, 0.25) is 0 Å². The Morgan fingerprint density at radius 1 is 1.04 bits per heavy atom. The first-order valence-corrected chi connectivity index (χ1v) is 9.08. The van der Waals surface area contributed by atoms with Crippen molar-refractivity contribution in [3.63, 3.8) is 0 Å². The maximum atomic E-state index is 5.78. The molecule has 2 aromatic carbocycles. The smallest absolute Gasteiger partial charge is 0.235 e. The second-order valence-electron chi connectivity index (χ2n) is 5.16. The molecule has 4 rings (SSSR count). The lowest BCUT2D eigenvalue weighted by Gasteiger charge is -2.04. The van der Waals surface area contributed by atoms with Crippen LogP contribution < -0.4 is 9.47 Å². The third kappa shape index (κ3) is 3.22. The summed E-state index contributed by atoms with van der Waals surface area (Å²) in [4.78, 5) is 0.735. The molecule has 0 saturated heterocycles. The molecule has 0 fully saturated rings. The van der Waals surface area contributed by atoms with Crippen LogP contribution in [-0.2, 0) is 6.61 Å². The molecule has 4 aromatic rings. The van der Waals surface area contributed by atoms with Crippen LogP contribution in [0.1, 0.15) is 5.01 Å². The molecular formula is C17H13BrN4O2S. The van der Waals surface area contributed by atoms with Crippen molar-refractivity contribution in [3.05, 3.63) is 58.0 Å². The predicted molar refractivity (Wildman–Crippen MR) is 99.1 cm³/mol. The molecule has 0 amide bonds. The van der Waals surface area contributed by atoms with Crippen LogP contribution in [0.4, 0.5) is 0 Å². The summed E-state index contributed by atoms with van der Waals surface area (Å²) in [7, 11) is 1.64. The van der Waals surface area contributed by atoms with E-state index in [-0.39, 0.29) is 0 Å². The zero-order valence-corrected chi connectivity index (χ0v) is 15.6. The van der Waals surface area contributed by atoms with Gasteiger partial charge in [-0.2, -0.15) is 9.61 Å². The van der Waals surface area contributed by atoms with Crippen molar-refractivity contribution in [2.24, 2.45) is 0 Å². The van der Waals surface area contributed by atoms with Crippen molar-refractivity contribution >= 4 is 32.2 Å². The molecular weight excluding hydrogens is 404 g/mol. The van der Waals surface area contributed by atoms with E-state index in [1.807, 2.05) is 48.5 Å². The van der Waals surface area contributed by atoms with E-state index in [0.29, 0.717) is 12.4 Å². The number of hydrogen-bond acceptors (Lipinski definition) is 6. The topological polar surface area (TPSA) is 61.5 Å². The summed E-state index contributed by atoms with van der Waals surface area (Å²) in [6.07, 6.45) is 0. The Hall–Kier alpha value is -2.45. The number of hydrogen-bond donors (Lipinski definition) is 0. The molecule has 2 aromatic heterocycles. The van der Waals surface area contributed by atoms with Gasteiger partial charge in [0, 0.05) is 10.0 Å². The standard InChI is InChI=1S/C17H13BrN4O2S/c1-23-11-6-8-12(9-7-11)24-10-15-21-22-16(19-20-17(22)25-15)13-4-2-3-5-14(13)18/h2-9H,10H2,1H3. The summed E-state index contributed by atoms with van der Waals surface area (Å²) in [6, 6.07) is 15.3. The summed E-state index contributed by atoms with van der Waals surface area (Å²) in [5.74, 6) is 2.26. The van der Waals surface area contributed by atoms with Gasteiger partial charge in [0.15, 0.2) is 10.8 Å². The molecule has 25 heavy (non-hydrogen) atoms. The molecule has 0 atom stereocenters. The Labute approximate surface area is 156 Å². The van der Waals surface area contributed by atoms with Gasteiger partial charge < -0.3 is 9.47 Å². The predicted octanol–water partition coefficient (Wildman–Crippen LogP) is 4.20. The highest BCUT2D eigenvalue weighted by Gasteiger charge is 2.15. The fourth-order valence-electron chi connectivity index (χ4n) is 2.34. The van der Waals surface area contributed by atoms with Gasteiger partial charge in [-0.3, -0.25) is 0 Å². The van der Waals surface area contributed by atoms with E-state index in [2.05, 4.69) is 31.2 Å². The average molecular weight is 417 g/mol. The molecule has 0 spiro atoms. The van der Waals surface area contributed by atoms with Crippen LogP contribution in [0.5, 0.6) is 11.5 Å². The highest BCUT2D eigenvalue weighted by Crippen LogP contribution is 2.28. The molecule has 6 nitrogen and oxygen atoms in total. The summed E-state index contributed by atoms with van der Waals surface area (Å²) in [6.45, 7) is 0.371. The average Bonchev–Trinajstić information content (AvgIpc) is 3.21. The number of fused-ring (bicyclic) bond motifs is 1. The lowest BCUT2D eigenvalue weighted by molar-refractivity contribution is 0.303. The van der Waals surface area contributed by atoms with Crippen LogP contribution in [0.25, 0.3) is 16.3 Å². The highest BCUT2D eigenvalue weighted by atomic mass is 79.9. The van der Waals surface area contributed by atoms with Gasteiger partial charge in [0.1, 0.15) is 18.1 Å². The first-order valence-electron chi connectivity index (χ1n) is 7.47. The number of nitrogens with zero attached hydrogens (tertiary/aromatic N) is 4. The molecule has 0 aliphatic rings. The van der Waals surface area contributed by atoms with E-state index in [0.717, 1.165) is 31.5 Å². The first-order chi connectivity index (χ1) is 12.2. The fraction of sp³-hybridized carbons (Fsp3) is 0.118. The SMILES string of the molecule is COc1ccc(OCc2nn3c(-c4ccccc4Br)nnc3s2)cc1. The number of benzene rings is 2. The molecule has 126 valence electrons. The van der Waals surface area contributed by atoms with Crippen molar-refractivity contribution in [2.45, 2.75) is 6.61 Å². The molecule has 0 N–H and O–H groups in total. The van der Waals surface area contributed by atoms with Crippen molar-refractivity contribution in [1.29, 1.82) is 0 Å². The van der Waals surface area contributed by atoms with E-state index in [9.17, 15) is 0 Å². The first kappa shape index (κ1) is 16.0. The molecule has 0 radical (unpaired) electrons. The third-order valence-corrected chi connectivity index (χ3v) is 5.13. The Balaban J connectivity index is 1.56. The molecule has 2 heterocycles. The molecule has 8 heteroatoms. The number of halogens is 1. The number of rotatable bonds is 5. The maximum absolute atomic E-state index is 5.78. The molecule has 0 saturated carbocycles. The van der Waals surface area contributed by atoms with Crippen LogP contribution in [0.3, 0.4) is 0 Å². The molecule has 0 unspecified atom stereocenters. The quantitative estimate of drug-likeness (QED) is 0.487. The molecule has 0 aliphatic carbocycles. The van der Waals surface area contributed by atoms with Gasteiger partial charge in [0.2, 0.25) is 4.96 Å². The van der Waals surface area contributed by atoms with E-state index in [1.165, 1.54) is 11.3 Å². The Kier molecular flexibility index (Phi) is 4.37. The number of methoxy groups -OCH3 is 1. The van der Waals surface area contributed by atoms with Gasteiger partial charge >= 0.3 is 0 Å². The number of ether oxygens (including phenoxy) is 2. The largest absolute Gasteiger partial charge is 0.497 e. The van der Waals surface area contributed by atoms with E-state index in [1.54, 1.807) is 11.6 Å². The van der Waals surface area contributed by atoms with Gasteiger partial charge in [0.25, 0.3) is 0 Å². The number of aromatic nitrogens is 4. The van der Waals surface area contributed by atoms with Crippen LogP contribution in [-0.4, -0.2) is 26.9 Å². The molecule has 0 bridgehead atoms. The Morgan fingerprint density at radius 2 is 1.80 bits per heavy atom. The second-order valence-corrected chi connectivity index (χ2v) is 7.05. The lowest BCUT2D eigenvalue weighted by Crippen LogP contribution is -1.97. The van der Waals surface area contributed by atoms with Crippen LogP contribution in [0.15, 0.2) is 53.0 Å². The van der Waals surface area contributed by atoms with Gasteiger partial charge in [-0.1, -0.05) is 39.4 Å². The second kappa shape index (κ2) is 6.81. The van der Waals surface area contributed by atoms with Gasteiger partial charge in [-0.05, 0) is 36.4 Å². The minimum atomic E-state index is 0.371.